The van der Waals surface area contributed by atoms with Crippen molar-refractivity contribution in [1.82, 2.24) is 0 Å². The lowest BCUT2D eigenvalue weighted by Crippen LogP contribution is -2.31. The Morgan fingerprint density at radius 1 is 0.956 bits per heavy atom. The van der Waals surface area contributed by atoms with E-state index in [1.54, 1.807) is 31.4 Å². The number of carbonyl (C=O) groups is 1. The lowest BCUT2D eigenvalue weighted by Gasteiger charge is -2.30. The number of methoxy groups -OCH3 is 1. The van der Waals surface area contributed by atoms with Crippen molar-refractivity contribution in [2.24, 2.45) is 10.2 Å². The van der Waals surface area contributed by atoms with Crippen LogP contribution >= 0.6 is 0 Å². The molecule has 1 aliphatic rings. The molecule has 1 aliphatic heterocycles. The molecule has 45 heavy (non-hydrogen) atoms. The zero-order valence-electron chi connectivity index (χ0n) is 26.1. The summed E-state index contributed by atoms with van der Waals surface area (Å²) < 4.78 is 51.4. The van der Waals surface area contributed by atoms with Crippen molar-refractivity contribution in [3.05, 3.63) is 111 Å². The fourth-order valence-electron chi connectivity index (χ4n) is 6.05. The maximum absolute atomic E-state index is 13.5. The van der Waals surface area contributed by atoms with Crippen molar-refractivity contribution < 1.29 is 27.4 Å². The molecular weight excluding hydrogens is 583 g/mol. The average molecular weight is 622 g/mol. The summed E-state index contributed by atoms with van der Waals surface area (Å²) in [6.45, 7) is 8.35. The molecule has 1 atom stereocenters. The van der Waals surface area contributed by atoms with Crippen molar-refractivity contribution in [1.29, 1.82) is 0 Å². The van der Waals surface area contributed by atoms with Gasteiger partial charge in [-0.05, 0) is 85.7 Å². The number of amides is 1. The number of allylic oxidation sites excluding steroid dienone is 2. The van der Waals surface area contributed by atoms with E-state index in [-0.39, 0.29) is 13.0 Å². The monoisotopic (exact) mass is 621 g/mol. The Morgan fingerprint density at radius 3 is 2.27 bits per heavy atom. The number of halogens is 3. The number of hydrogen-bond donors (Lipinski definition) is 0. The van der Waals surface area contributed by atoms with Gasteiger partial charge in [-0.25, -0.2) is 4.79 Å². The Bertz CT molecular complexity index is 1580. The number of aliphatic imine (C=N–C) groups is 1. The van der Waals surface area contributed by atoms with Crippen LogP contribution in [0.1, 0.15) is 68.4 Å². The molecule has 1 amide bonds. The number of nitroso groups, excluding NO2 is 1. The Kier molecular flexibility index (Phi) is 10.2. The molecule has 0 saturated heterocycles. The second kappa shape index (κ2) is 13.7. The molecule has 7 nitrogen and oxygen atoms in total. The van der Waals surface area contributed by atoms with Gasteiger partial charge < -0.3 is 14.4 Å². The van der Waals surface area contributed by atoms with Crippen LogP contribution in [0.15, 0.2) is 88.7 Å². The lowest BCUT2D eigenvalue weighted by molar-refractivity contribution is -0.137. The summed E-state index contributed by atoms with van der Waals surface area (Å²) >= 11 is 0. The number of benzene rings is 3. The number of nitrogens with zero attached hydrogens (tertiary/aromatic N) is 3. The first-order valence-corrected chi connectivity index (χ1v) is 14.9. The molecule has 3 aromatic rings. The molecule has 10 heteroatoms. The molecule has 3 aromatic carbocycles. The Balaban J connectivity index is 1.58. The summed E-state index contributed by atoms with van der Waals surface area (Å²) in [5.41, 5.74) is 2.39. The van der Waals surface area contributed by atoms with Crippen molar-refractivity contribution in [2.45, 2.75) is 70.7 Å². The topological polar surface area (TPSA) is 80.6 Å². The highest BCUT2D eigenvalue weighted by atomic mass is 19.4. The van der Waals surface area contributed by atoms with Crippen LogP contribution in [-0.4, -0.2) is 26.0 Å². The van der Waals surface area contributed by atoms with Gasteiger partial charge in [-0.3, -0.25) is 0 Å². The van der Waals surface area contributed by atoms with Crippen molar-refractivity contribution in [2.75, 3.05) is 18.6 Å². The van der Waals surface area contributed by atoms with Gasteiger partial charge in [-0.15, -0.1) is 4.91 Å². The number of likely N-dealkylation sites (N-methyl/N-ethyl adjacent to an activating group) is 1. The quantitative estimate of drug-likeness (QED) is 0.158. The third-order valence-corrected chi connectivity index (χ3v) is 8.68. The van der Waals surface area contributed by atoms with E-state index in [9.17, 15) is 22.9 Å². The maximum atomic E-state index is 13.5. The summed E-state index contributed by atoms with van der Waals surface area (Å²) in [5, 5.41) is 3.36. The standard InChI is InChI=1S/C35H38F3N3O4/c1-6-34(7-2,40-43)26-14-12-24(13-15-26)23-45-32(42)39-19-18-31-33(4,22-25-10-9-11-27(20-25)35(36,37)38)29-21-28(44-5)16-17-30(29)41(31)8-3/h9-21H,6-8,22-23H2,1-5H3/b31-18-,39-19+. The SMILES string of the molecule is CCN1/C(=C\C=N\C(=O)OCc2ccc(C(CC)(CC)N=O)cc2)C(C)(Cc2cccc(C(F)(F)F)c2)c2cc(OC)ccc21. The predicted octanol–water partition coefficient (Wildman–Crippen LogP) is 9.13. The molecule has 0 N–H and O–H groups in total. The summed E-state index contributed by atoms with van der Waals surface area (Å²) in [7, 11) is 1.56. The Morgan fingerprint density at radius 2 is 1.67 bits per heavy atom. The molecular formula is C35H38F3N3O4. The first-order valence-electron chi connectivity index (χ1n) is 14.9. The minimum Gasteiger partial charge on any atom is -0.497 e. The number of fused-ring (bicyclic) bond motifs is 1. The third kappa shape index (κ3) is 6.95. The minimum atomic E-state index is -4.46. The van der Waals surface area contributed by atoms with E-state index in [1.807, 2.05) is 58.0 Å². The lowest BCUT2D eigenvalue weighted by atomic mass is 9.76. The molecule has 0 bridgehead atoms. The Hall–Kier alpha value is -4.47. The second-order valence-electron chi connectivity index (χ2n) is 11.2. The number of carbonyl (C=O) groups excluding carboxylic acids is 1. The average Bonchev–Trinajstić information content (AvgIpc) is 3.27. The Labute approximate surface area is 261 Å². The van der Waals surface area contributed by atoms with Gasteiger partial charge in [0.2, 0.25) is 0 Å². The number of hydrogen-bond acceptors (Lipinski definition) is 6. The molecule has 1 heterocycles. The second-order valence-corrected chi connectivity index (χ2v) is 11.2. The number of anilines is 1. The van der Waals surface area contributed by atoms with Gasteiger partial charge in [0.1, 0.15) is 17.9 Å². The number of ether oxygens (including phenoxy) is 2. The first kappa shape index (κ1) is 33.4. The van der Waals surface area contributed by atoms with E-state index < -0.39 is 28.8 Å². The molecule has 0 aliphatic carbocycles. The van der Waals surface area contributed by atoms with Crippen LogP contribution < -0.4 is 9.64 Å². The normalized spacial score (nSPS) is 17.5. The van der Waals surface area contributed by atoms with E-state index in [4.69, 9.17) is 9.47 Å². The number of alkyl halides is 3. The molecule has 238 valence electrons. The smallest absolute Gasteiger partial charge is 0.433 e. The summed E-state index contributed by atoms with van der Waals surface area (Å²) in [6.07, 6.45) is -0.743. The van der Waals surface area contributed by atoms with Crippen molar-refractivity contribution in [3.63, 3.8) is 0 Å². The summed E-state index contributed by atoms with van der Waals surface area (Å²) in [6, 6.07) is 18.2. The van der Waals surface area contributed by atoms with E-state index >= 15 is 0 Å². The fourth-order valence-corrected chi connectivity index (χ4v) is 6.05. The predicted molar refractivity (Wildman–Crippen MR) is 170 cm³/mol. The van der Waals surface area contributed by atoms with Crippen LogP contribution in [0, 0.1) is 4.91 Å². The van der Waals surface area contributed by atoms with Gasteiger partial charge in [0, 0.05) is 29.6 Å². The summed E-state index contributed by atoms with van der Waals surface area (Å²) in [5.74, 6) is 0.629. The van der Waals surface area contributed by atoms with Crippen LogP contribution in [-0.2, 0) is 34.9 Å². The van der Waals surface area contributed by atoms with Crippen LogP contribution in [0.25, 0.3) is 0 Å². The van der Waals surface area contributed by atoms with Crippen LogP contribution in [0.3, 0.4) is 0 Å². The molecule has 4 rings (SSSR count). The first-order chi connectivity index (χ1) is 21.4. The largest absolute Gasteiger partial charge is 0.497 e. The van der Waals surface area contributed by atoms with Gasteiger partial charge in [0.15, 0.2) is 0 Å². The minimum absolute atomic E-state index is 0.00756. The maximum Gasteiger partial charge on any atom is 0.433 e. The molecule has 0 saturated carbocycles. The van der Waals surface area contributed by atoms with E-state index in [0.717, 1.165) is 34.1 Å². The van der Waals surface area contributed by atoms with Crippen LogP contribution in [0.4, 0.5) is 23.7 Å². The summed E-state index contributed by atoms with van der Waals surface area (Å²) in [4.78, 5) is 30.1. The van der Waals surface area contributed by atoms with Gasteiger partial charge >= 0.3 is 12.3 Å². The van der Waals surface area contributed by atoms with Crippen molar-refractivity contribution in [3.8, 4) is 5.75 Å². The van der Waals surface area contributed by atoms with Crippen LogP contribution in [0.2, 0.25) is 0 Å². The van der Waals surface area contributed by atoms with Gasteiger partial charge in [-0.1, -0.05) is 61.5 Å². The van der Waals surface area contributed by atoms with E-state index in [0.29, 0.717) is 30.7 Å². The van der Waals surface area contributed by atoms with Gasteiger partial charge in [0.25, 0.3) is 0 Å². The number of rotatable bonds is 11. The highest BCUT2D eigenvalue weighted by Gasteiger charge is 2.43. The van der Waals surface area contributed by atoms with E-state index in [1.165, 1.54) is 18.3 Å². The highest BCUT2D eigenvalue weighted by molar-refractivity contribution is 5.87. The van der Waals surface area contributed by atoms with Gasteiger partial charge in [-0.2, -0.15) is 18.2 Å². The van der Waals surface area contributed by atoms with Crippen LogP contribution in [0.5, 0.6) is 5.75 Å². The molecule has 0 spiro atoms. The molecule has 0 radical (unpaired) electrons. The highest BCUT2D eigenvalue weighted by Crippen LogP contribution is 2.50. The fraction of sp³-hybridized carbons (Fsp3) is 0.371. The van der Waals surface area contributed by atoms with Gasteiger partial charge in [0.05, 0.1) is 12.7 Å². The molecule has 1 unspecified atom stereocenters. The van der Waals surface area contributed by atoms with E-state index in [2.05, 4.69) is 15.1 Å². The molecule has 0 aromatic heterocycles. The zero-order valence-corrected chi connectivity index (χ0v) is 26.1. The van der Waals surface area contributed by atoms with Crippen molar-refractivity contribution >= 4 is 18.0 Å². The molecule has 0 fully saturated rings. The third-order valence-electron chi connectivity index (χ3n) is 8.68. The zero-order chi connectivity index (χ0) is 32.8.